The molecule has 0 saturated heterocycles. The molecule has 1 aromatic rings. The summed E-state index contributed by atoms with van der Waals surface area (Å²) in [5.41, 5.74) is 0.926. The molecule has 2 amide bonds. The van der Waals surface area contributed by atoms with Gasteiger partial charge in [0.25, 0.3) is 0 Å². The van der Waals surface area contributed by atoms with Crippen LogP contribution >= 0.6 is 0 Å². The molecule has 0 heterocycles. The molecule has 1 fully saturated rings. The number of hydrogen-bond acceptors (Lipinski definition) is 3. The Labute approximate surface area is 131 Å². The van der Waals surface area contributed by atoms with E-state index in [-0.39, 0.29) is 36.8 Å². The van der Waals surface area contributed by atoms with Crippen LogP contribution in [0.5, 0.6) is 0 Å². The summed E-state index contributed by atoms with van der Waals surface area (Å²) in [6.45, 7) is 0.555. The second-order valence-corrected chi connectivity index (χ2v) is 5.97. The Kier molecular flexibility index (Phi) is 5.95. The van der Waals surface area contributed by atoms with Crippen molar-refractivity contribution in [3.63, 3.8) is 0 Å². The third-order valence-corrected chi connectivity index (χ3v) is 4.20. The Morgan fingerprint density at radius 2 is 2.00 bits per heavy atom. The molecule has 2 N–H and O–H groups in total. The van der Waals surface area contributed by atoms with Gasteiger partial charge in [0.05, 0.1) is 19.1 Å². The van der Waals surface area contributed by atoms with E-state index in [2.05, 4.69) is 5.32 Å². The minimum atomic E-state index is -0.303. The number of aliphatic hydroxyl groups is 1. The third kappa shape index (κ3) is 4.84. The minimum absolute atomic E-state index is 0.00494. The minimum Gasteiger partial charge on any atom is -0.393 e. The number of amides is 2. The van der Waals surface area contributed by atoms with Gasteiger partial charge in [0.1, 0.15) is 0 Å². The van der Waals surface area contributed by atoms with Crippen LogP contribution in [-0.4, -0.2) is 48.1 Å². The molecule has 120 valence electrons. The van der Waals surface area contributed by atoms with Gasteiger partial charge in [-0.15, -0.1) is 0 Å². The van der Waals surface area contributed by atoms with Crippen LogP contribution in [-0.2, 0) is 16.0 Å². The maximum atomic E-state index is 12.0. The van der Waals surface area contributed by atoms with E-state index in [1.54, 1.807) is 11.9 Å². The van der Waals surface area contributed by atoms with Gasteiger partial charge >= 0.3 is 0 Å². The van der Waals surface area contributed by atoms with Gasteiger partial charge in [-0.2, -0.15) is 0 Å². The zero-order chi connectivity index (χ0) is 15.9. The van der Waals surface area contributed by atoms with Gasteiger partial charge < -0.3 is 15.3 Å². The van der Waals surface area contributed by atoms with E-state index in [4.69, 9.17) is 0 Å². The molecule has 1 aliphatic carbocycles. The Morgan fingerprint density at radius 1 is 1.27 bits per heavy atom. The smallest absolute Gasteiger partial charge is 0.241 e. The monoisotopic (exact) mass is 304 g/mol. The third-order valence-electron chi connectivity index (χ3n) is 4.20. The lowest BCUT2D eigenvalue weighted by molar-refractivity contribution is -0.132. The van der Waals surface area contributed by atoms with Crippen molar-refractivity contribution in [3.05, 3.63) is 35.9 Å². The molecule has 0 bridgehead atoms. The maximum Gasteiger partial charge on any atom is 0.241 e. The molecule has 1 aromatic carbocycles. The largest absolute Gasteiger partial charge is 0.393 e. The van der Waals surface area contributed by atoms with Crippen LogP contribution in [0.2, 0.25) is 0 Å². The van der Waals surface area contributed by atoms with Gasteiger partial charge in [-0.3, -0.25) is 9.59 Å². The first-order chi connectivity index (χ1) is 10.6. The Hall–Kier alpha value is -1.88. The molecule has 1 aliphatic rings. The van der Waals surface area contributed by atoms with Crippen molar-refractivity contribution in [2.24, 2.45) is 5.92 Å². The van der Waals surface area contributed by atoms with Crippen LogP contribution < -0.4 is 5.32 Å². The number of nitrogens with zero attached hydrogens (tertiary/aromatic N) is 1. The summed E-state index contributed by atoms with van der Waals surface area (Å²) in [5, 5.41) is 12.4. The highest BCUT2D eigenvalue weighted by Gasteiger charge is 2.27. The van der Waals surface area contributed by atoms with E-state index in [9.17, 15) is 14.7 Å². The summed E-state index contributed by atoms with van der Waals surface area (Å²) in [5.74, 6) is -0.122. The van der Waals surface area contributed by atoms with Gasteiger partial charge in [-0.1, -0.05) is 36.8 Å². The highest BCUT2D eigenvalue weighted by atomic mass is 16.3. The number of benzene rings is 1. The predicted molar refractivity (Wildman–Crippen MR) is 84.1 cm³/mol. The Balaban J connectivity index is 1.71. The van der Waals surface area contributed by atoms with E-state index >= 15 is 0 Å². The fourth-order valence-corrected chi connectivity index (χ4v) is 2.84. The lowest BCUT2D eigenvalue weighted by Gasteiger charge is -2.23. The SMILES string of the molecule is CN(CC1CCCC1O)C(=O)CNC(=O)Cc1ccccc1. The van der Waals surface area contributed by atoms with E-state index in [0.29, 0.717) is 6.54 Å². The normalized spacial score (nSPS) is 20.6. The van der Waals surface area contributed by atoms with Crippen LogP contribution in [0, 0.1) is 5.92 Å². The quantitative estimate of drug-likeness (QED) is 0.822. The van der Waals surface area contributed by atoms with E-state index in [0.717, 1.165) is 24.8 Å². The number of aliphatic hydroxyl groups excluding tert-OH is 1. The number of nitrogens with one attached hydrogen (secondary N) is 1. The molecule has 2 atom stereocenters. The summed E-state index contributed by atoms with van der Waals surface area (Å²) in [4.78, 5) is 25.4. The van der Waals surface area contributed by atoms with E-state index < -0.39 is 0 Å². The molecule has 2 unspecified atom stereocenters. The van der Waals surface area contributed by atoms with Crippen LogP contribution in [0.1, 0.15) is 24.8 Å². The van der Waals surface area contributed by atoms with Crippen molar-refractivity contribution in [1.29, 1.82) is 0 Å². The molecule has 0 radical (unpaired) electrons. The fraction of sp³-hybridized carbons (Fsp3) is 0.529. The first-order valence-electron chi connectivity index (χ1n) is 7.79. The molecule has 22 heavy (non-hydrogen) atoms. The molecule has 2 rings (SSSR count). The number of rotatable bonds is 6. The van der Waals surface area contributed by atoms with Gasteiger partial charge in [0.15, 0.2) is 0 Å². The van der Waals surface area contributed by atoms with Gasteiger partial charge in [0.2, 0.25) is 11.8 Å². The van der Waals surface area contributed by atoms with Crippen molar-refractivity contribution >= 4 is 11.8 Å². The van der Waals surface area contributed by atoms with Crippen molar-refractivity contribution in [3.8, 4) is 0 Å². The van der Waals surface area contributed by atoms with Crippen LogP contribution in [0.3, 0.4) is 0 Å². The lowest BCUT2D eigenvalue weighted by atomic mass is 10.1. The average Bonchev–Trinajstić information content (AvgIpc) is 2.91. The number of carbonyl (C=O) groups excluding carboxylic acids is 2. The van der Waals surface area contributed by atoms with Crippen LogP contribution in [0.4, 0.5) is 0 Å². The highest BCUT2D eigenvalue weighted by Crippen LogP contribution is 2.25. The van der Waals surface area contributed by atoms with E-state index in [1.165, 1.54) is 0 Å². The molecule has 0 spiro atoms. The summed E-state index contributed by atoms with van der Waals surface area (Å²) in [7, 11) is 1.72. The first kappa shape index (κ1) is 16.5. The van der Waals surface area contributed by atoms with Crippen molar-refractivity contribution < 1.29 is 14.7 Å². The first-order valence-corrected chi connectivity index (χ1v) is 7.79. The Bertz CT molecular complexity index is 504. The van der Waals surface area contributed by atoms with Gasteiger partial charge in [0, 0.05) is 19.5 Å². The molecule has 0 aromatic heterocycles. The molecule has 1 saturated carbocycles. The molecule has 0 aliphatic heterocycles. The number of likely N-dealkylation sites (N-methyl/N-ethyl adjacent to an activating group) is 1. The van der Waals surface area contributed by atoms with E-state index in [1.807, 2.05) is 30.3 Å². The summed E-state index contributed by atoms with van der Waals surface area (Å²) in [6, 6.07) is 9.43. The van der Waals surface area contributed by atoms with Crippen LogP contribution in [0.25, 0.3) is 0 Å². The van der Waals surface area contributed by atoms with Crippen molar-refractivity contribution in [2.75, 3.05) is 20.1 Å². The zero-order valence-corrected chi connectivity index (χ0v) is 13.0. The average molecular weight is 304 g/mol. The zero-order valence-electron chi connectivity index (χ0n) is 13.0. The maximum absolute atomic E-state index is 12.0. The second kappa shape index (κ2) is 7.94. The van der Waals surface area contributed by atoms with Crippen molar-refractivity contribution in [1.82, 2.24) is 10.2 Å². The lowest BCUT2D eigenvalue weighted by Crippen LogP contribution is -2.41. The van der Waals surface area contributed by atoms with Crippen molar-refractivity contribution in [2.45, 2.75) is 31.8 Å². The Morgan fingerprint density at radius 3 is 2.64 bits per heavy atom. The second-order valence-electron chi connectivity index (χ2n) is 5.97. The highest BCUT2D eigenvalue weighted by molar-refractivity contribution is 5.85. The van der Waals surface area contributed by atoms with Gasteiger partial charge in [-0.05, 0) is 18.4 Å². The molecular formula is C17H24N2O3. The number of carbonyl (C=O) groups is 2. The molecule has 5 heteroatoms. The van der Waals surface area contributed by atoms with Crippen LogP contribution in [0.15, 0.2) is 30.3 Å². The predicted octanol–water partition coefficient (Wildman–Crippen LogP) is 0.965. The summed E-state index contributed by atoms with van der Waals surface area (Å²) >= 11 is 0. The molecule has 5 nitrogen and oxygen atoms in total. The fourth-order valence-electron chi connectivity index (χ4n) is 2.84. The summed E-state index contributed by atoms with van der Waals surface area (Å²) in [6.07, 6.45) is 2.77. The molecular weight excluding hydrogens is 280 g/mol. The van der Waals surface area contributed by atoms with Gasteiger partial charge in [-0.25, -0.2) is 0 Å². The number of hydrogen-bond donors (Lipinski definition) is 2. The summed E-state index contributed by atoms with van der Waals surface area (Å²) < 4.78 is 0. The topological polar surface area (TPSA) is 69.6 Å². The standard InChI is InChI=1S/C17H24N2O3/c1-19(12-14-8-5-9-15(14)20)17(22)11-18-16(21)10-13-6-3-2-4-7-13/h2-4,6-7,14-15,20H,5,8-12H2,1H3,(H,18,21).